The number of pyridine rings is 1. The smallest absolute Gasteiger partial charge is 0.287 e. The first-order valence-electron chi connectivity index (χ1n) is 8.35. The summed E-state index contributed by atoms with van der Waals surface area (Å²) >= 11 is 0. The third-order valence-corrected chi connectivity index (χ3v) is 3.98. The van der Waals surface area contributed by atoms with Crippen molar-refractivity contribution in [2.75, 3.05) is 11.9 Å². The Morgan fingerprint density at radius 1 is 1.04 bits per heavy atom. The average Bonchev–Trinajstić information content (AvgIpc) is 3.36. The number of rotatable bonds is 5. The first-order valence-corrected chi connectivity index (χ1v) is 8.35. The number of nitrogens with one attached hydrogen (secondary N) is 2. The molecule has 3 heterocycles. The highest BCUT2D eigenvalue weighted by Gasteiger charge is 2.10. The lowest BCUT2D eigenvalue weighted by atomic mass is 10.1. The molecule has 0 bridgehead atoms. The molecule has 0 saturated carbocycles. The van der Waals surface area contributed by atoms with Gasteiger partial charge in [-0.15, -0.1) is 0 Å². The second-order valence-electron chi connectivity index (χ2n) is 5.88. The van der Waals surface area contributed by atoms with Crippen LogP contribution in [0.5, 0.6) is 0 Å². The van der Waals surface area contributed by atoms with E-state index in [0.29, 0.717) is 5.69 Å². The van der Waals surface area contributed by atoms with Crippen LogP contribution in [0.2, 0.25) is 0 Å². The van der Waals surface area contributed by atoms with Crippen molar-refractivity contribution in [1.82, 2.24) is 14.7 Å². The third-order valence-electron chi connectivity index (χ3n) is 3.98. The summed E-state index contributed by atoms with van der Waals surface area (Å²) in [7, 11) is 0. The Bertz CT molecular complexity index is 1050. The summed E-state index contributed by atoms with van der Waals surface area (Å²) in [5.41, 5.74) is 3.31. The van der Waals surface area contributed by atoms with E-state index in [1.165, 1.54) is 12.3 Å². The summed E-state index contributed by atoms with van der Waals surface area (Å²) < 4.78 is 6.92. The maximum Gasteiger partial charge on any atom is 0.287 e. The van der Waals surface area contributed by atoms with Crippen molar-refractivity contribution in [1.29, 1.82) is 0 Å². The predicted molar refractivity (Wildman–Crippen MR) is 100 cm³/mol. The van der Waals surface area contributed by atoms with Crippen LogP contribution in [0.3, 0.4) is 0 Å². The van der Waals surface area contributed by atoms with Crippen LogP contribution in [0.15, 0.2) is 77.7 Å². The summed E-state index contributed by atoms with van der Waals surface area (Å²) in [6.45, 7) is -0.145. The lowest BCUT2D eigenvalue weighted by molar-refractivity contribution is -0.115. The first-order chi connectivity index (χ1) is 13.2. The fraction of sp³-hybridized carbons (Fsp3) is 0.0500. The van der Waals surface area contributed by atoms with Gasteiger partial charge in [-0.05, 0) is 36.4 Å². The molecule has 7 heteroatoms. The number of amides is 2. The Morgan fingerprint density at radius 2 is 1.89 bits per heavy atom. The number of imidazole rings is 1. The molecule has 0 aliphatic heterocycles. The number of benzene rings is 1. The van der Waals surface area contributed by atoms with E-state index in [-0.39, 0.29) is 18.2 Å². The number of carbonyl (C=O) groups is 2. The van der Waals surface area contributed by atoms with Crippen molar-refractivity contribution in [2.24, 2.45) is 0 Å². The quantitative estimate of drug-likeness (QED) is 0.573. The van der Waals surface area contributed by atoms with Gasteiger partial charge in [0, 0.05) is 23.6 Å². The maximum absolute atomic E-state index is 12.0. The van der Waals surface area contributed by atoms with E-state index in [0.717, 1.165) is 16.9 Å². The predicted octanol–water partition coefficient (Wildman–Crippen LogP) is 2.96. The number of aromatic nitrogens is 2. The minimum atomic E-state index is -0.433. The van der Waals surface area contributed by atoms with Crippen LogP contribution in [-0.2, 0) is 4.79 Å². The topological polar surface area (TPSA) is 88.6 Å². The Morgan fingerprint density at radius 3 is 2.63 bits per heavy atom. The second kappa shape index (κ2) is 7.17. The van der Waals surface area contributed by atoms with E-state index < -0.39 is 5.91 Å². The zero-order chi connectivity index (χ0) is 18.6. The molecule has 2 N–H and O–H groups in total. The van der Waals surface area contributed by atoms with Crippen molar-refractivity contribution >= 4 is 23.1 Å². The molecule has 0 radical (unpaired) electrons. The molecule has 2 amide bonds. The standard InChI is InChI=1S/C20H16N4O3/c25-19(12-21-20(26)17-4-3-11-27-17)22-15-8-6-14(7-9-15)16-13-24-10-2-1-5-18(24)23-16/h1-11,13H,12H2,(H,21,26)(H,22,25). The Hall–Kier alpha value is -3.87. The van der Waals surface area contributed by atoms with Gasteiger partial charge < -0.3 is 19.5 Å². The van der Waals surface area contributed by atoms with Crippen LogP contribution in [0.4, 0.5) is 5.69 Å². The highest BCUT2D eigenvalue weighted by Crippen LogP contribution is 2.21. The van der Waals surface area contributed by atoms with Crippen LogP contribution < -0.4 is 10.6 Å². The number of anilines is 1. The number of hydrogen-bond donors (Lipinski definition) is 2. The molecular formula is C20H16N4O3. The molecule has 27 heavy (non-hydrogen) atoms. The zero-order valence-corrected chi connectivity index (χ0v) is 14.3. The minimum absolute atomic E-state index is 0.145. The van der Waals surface area contributed by atoms with Gasteiger partial charge in [-0.3, -0.25) is 9.59 Å². The minimum Gasteiger partial charge on any atom is -0.459 e. The summed E-state index contributed by atoms with van der Waals surface area (Å²) in [5, 5.41) is 5.24. The second-order valence-corrected chi connectivity index (χ2v) is 5.88. The van der Waals surface area contributed by atoms with Gasteiger partial charge in [0.2, 0.25) is 5.91 Å². The molecule has 4 aromatic rings. The van der Waals surface area contributed by atoms with Crippen LogP contribution in [0.25, 0.3) is 16.9 Å². The summed E-state index contributed by atoms with van der Waals surface area (Å²) in [6, 6.07) is 16.3. The van der Waals surface area contributed by atoms with Gasteiger partial charge in [0.1, 0.15) is 5.65 Å². The van der Waals surface area contributed by atoms with Crippen LogP contribution in [0, 0.1) is 0 Å². The molecule has 7 nitrogen and oxygen atoms in total. The van der Waals surface area contributed by atoms with Crippen LogP contribution >= 0.6 is 0 Å². The largest absolute Gasteiger partial charge is 0.459 e. The molecule has 0 unspecified atom stereocenters. The molecule has 0 aliphatic carbocycles. The average molecular weight is 360 g/mol. The van der Waals surface area contributed by atoms with E-state index in [2.05, 4.69) is 15.6 Å². The third kappa shape index (κ3) is 3.72. The fourth-order valence-corrected chi connectivity index (χ4v) is 2.66. The maximum atomic E-state index is 12.0. The molecular weight excluding hydrogens is 344 g/mol. The van der Waals surface area contributed by atoms with Gasteiger partial charge >= 0.3 is 0 Å². The number of carbonyl (C=O) groups excluding carboxylic acids is 2. The summed E-state index contributed by atoms with van der Waals surface area (Å²) in [5.74, 6) is -0.590. The first kappa shape index (κ1) is 16.6. The van der Waals surface area contributed by atoms with E-state index in [4.69, 9.17) is 4.42 Å². The van der Waals surface area contributed by atoms with E-state index in [1.807, 2.05) is 47.1 Å². The zero-order valence-electron chi connectivity index (χ0n) is 14.3. The molecule has 4 rings (SSSR count). The molecule has 0 aliphatic rings. The Labute approximate surface area is 154 Å². The molecule has 3 aromatic heterocycles. The van der Waals surface area contributed by atoms with Gasteiger partial charge in [0.05, 0.1) is 18.5 Å². The summed E-state index contributed by atoms with van der Waals surface area (Å²) in [4.78, 5) is 28.3. The van der Waals surface area contributed by atoms with Gasteiger partial charge in [-0.1, -0.05) is 18.2 Å². The lowest BCUT2D eigenvalue weighted by Crippen LogP contribution is -2.32. The Kier molecular flexibility index (Phi) is 4.40. The molecule has 0 atom stereocenters. The highest BCUT2D eigenvalue weighted by molar-refractivity contribution is 5.98. The SMILES string of the molecule is O=C(CNC(=O)c1ccco1)Nc1ccc(-c2cn3ccccc3n2)cc1. The van der Waals surface area contributed by atoms with E-state index in [1.54, 1.807) is 18.2 Å². The van der Waals surface area contributed by atoms with E-state index >= 15 is 0 Å². The van der Waals surface area contributed by atoms with Gasteiger partial charge in [-0.2, -0.15) is 0 Å². The molecule has 134 valence electrons. The molecule has 0 fully saturated rings. The number of hydrogen-bond acceptors (Lipinski definition) is 4. The van der Waals surface area contributed by atoms with Crippen molar-refractivity contribution in [3.05, 3.63) is 79.0 Å². The van der Waals surface area contributed by atoms with Crippen molar-refractivity contribution in [3.8, 4) is 11.3 Å². The van der Waals surface area contributed by atoms with Crippen molar-refractivity contribution in [3.63, 3.8) is 0 Å². The lowest BCUT2D eigenvalue weighted by Gasteiger charge is -2.06. The Balaban J connectivity index is 1.37. The fourth-order valence-electron chi connectivity index (χ4n) is 2.66. The number of fused-ring (bicyclic) bond motifs is 1. The van der Waals surface area contributed by atoms with Crippen molar-refractivity contribution < 1.29 is 14.0 Å². The molecule has 1 aromatic carbocycles. The van der Waals surface area contributed by atoms with Crippen molar-refractivity contribution in [2.45, 2.75) is 0 Å². The number of nitrogens with zero attached hydrogens (tertiary/aromatic N) is 2. The van der Waals surface area contributed by atoms with Gasteiger partial charge in [0.15, 0.2) is 5.76 Å². The molecule has 0 saturated heterocycles. The summed E-state index contributed by atoms with van der Waals surface area (Å²) in [6.07, 6.45) is 5.30. The van der Waals surface area contributed by atoms with Crippen LogP contribution in [0.1, 0.15) is 10.6 Å². The monoisotopic (exact) mass is 360 g/mol. The van der Waals surface area contributed by atoms with E-state index in [9.17, 15) is 9.59 Å². The molecule has 0 spiro atoms. The van der Waals surface area contributed by atoms with Gasteiger partial charge in [0.25, 0.3) is 5.91 Å². The number of furan rings is 1. The van der Waals surface area contributed by atoms with Gasteiger partial charge in [-0.25, -0.2) is 4.98 Å². The highest BCUT2D eigenvalue weighted by atomic mass is 16.3. The van der Waals surface area contributed by atoms with Crippen LogP contribution in [-0.4, -0.2) is 27.7 Å². The normalized spacial score (nSPS) is 10.7.